The molecule has 2 atom stereocenters. The van der Waals surface area contributed by atoms with E-state index >= 15 is 0 Å². The van der Waals surface area contributed by atoms with Crippen molar-refractivity contribution in [3.8, 4) is 11.1 Å². The van der Waals surface area contributed by atoms with Gasteiger partial charge in [0, 0.05) is 29.8 Å². The van der Waals surface area contributed by atoms with Crippen LogP contribution in [0.25, 0.3) is 11.1 Å². The quantitative estimate of drug-likeness (QED) is 0.300. The van der Waals surface area contributed by atoms with Gasteiger partial charge < -0.3 is 9.64 Å². The summed E-state index contributed by atoms with van der Waals surface area (Å²) in [6.45, 7) is 9.94. The molecule has 3 aromatic carbocycles. The van der Waals surface area contributed by atoms with Crippen molar-refractivity contribution >= 4 is 34.2 Å². The van der Waals surface area contributed by atoms with Gasteiger partial charge in [-0.05, 0) is 99.5 Å². The first-order chi connectivity index (χ1) is 18.2. The number of carbonyl (C=O) groups excluding carboxylic acids is 1. The second-order valence-electron chi connectivity index (χ2n) is 10.7. The largest absolute Gasteiger partial charge is 0.462 e. The molecule has 0 amide bonds. The molecule has 1 fully saturated rings. The Morgan fingerprint density at radius 3 is 2.26 bits per heavy atom. The van der Waals surface area contributed by atoms with E-state index in [1.54, 1.807) is 0 Å². The van der Waals surface area contributed by atoms with Crippen molar-refractivity contribution in [1.29, 1.82) is 0 Å². The lowest BCUT2D eigenvalue weighted by atomic mass is 9.83. The number of hydrogen-bond acceptors (Lipinski definition) is 4. The minimum absolute atomic E-state index is 0.0599. The van der Waals surface area contributed by atoms with Crippen molar-refractivity contribution in [2.24, 2.45) is 5.92 Å². The van der Waals surface area contributed by atoms with Crippen LogP contribution in [0.5, 0.6) is 0 Å². The normalized spacial score (nSPS) is 16.2. The molecule has 4 rings (SSSR count). The Morgan fingerprint density at radius 1 is 1.03 bits per heavy atom. The van der Waals surface area contributed by atoms with E-state index in [-0.39, 0.29) is 16.8 Å². The van der Waals surface area contributed by atoms with Crippen molar-refractivity contribution in [2.45, 2.75) is 51.3 Å². The molecular weight excluding hydrogens is 516 g/mol. The zero-order chi connectivity index (χ0) is 27.3. The first kappa shape index (κ1) is 28.3. The molecule has 1 N–H and O–H groups in total. The zero-order valence-corrected chi connectivity index (χ0v) is 24.1. The highest BCUT2D eigenvalue weighted by Gasteiger charge is 2.33. The number of nitrogens with one attached hydrogen (secondary N) is 1. The van der Waals surface area contributed by atoms with E-state index in [1.165, 1.54) is 0 Å². The summed E-state index contributed by atoms with van der Waals surface area (Å²) in [5, 5.41) is 0.706. The SMILES string of the molecule is CCOC(=O)c1ccc(N2CCC([C@@H](N[S@@](=O)C(C)(C)C)c3ccccc3-c3ccc(Cl)cc3)CC2)cc1. The fourth-order valence-corrected chi connectivity index (χ4v) is 5.91. The van der Waals surface area contributed by atoms with Crippen LogP contribution in [-0.4, -0.2) is 34.6 Å². The predicted octanol–water partition coefficient (Wildman–Crippen LogP) is 7.19. The second kappa shape index (κ2) is 12.5. The van der Waals surface area contributed by atoms with E-state index in [4.69, 9.17) is 16.3 Å². The Labute approximate surface area is 234 Å². The summed E-state index contributed by atoms with van der Waals surface area (Å²) in [6, 6.07) is 23.9. The minimum Gasteiger partial charge on any atom is -0.462 e. The summed E-state index contributed by atoms with van der Waals surface area (Å²) in [6.07, 6.45) is 1.90. The van der Waals surface area contributed by atoms with Crippen LogP contribution in [0.3, 0.4) is 0 Å². The fourth-order valence-electron chi connectivity index (χ4n) is 4.88. The molecule has 0 aliphatic carbocycles. The lowest BCUT2D eigenvalue weighted by Gasteiger charge is -2.39. The third kappa shape index (κ3) is 6.85. The Bertz CT molecular complexity index is 1250. The lowest BCUT2D eigenvalue weighted by molar-refractivity contribution is 0.0526. The van der Waals surface area contributed by atoms with Crippen LogP contribution < -0.4 is 9.62 Å². The van der Waals surface area contributed by atoms with E-state index in [1.807, 2.05) is 82.3 Å². The molecule has 38 heavy (non-hydrogen) atoms. The van der Waals surface area contributed by atoms with E-state index in [9.17, 15) is 9.00 Å². The number of anilines is 1. The highest BCUT2D eigenvalue weighted by molar-refractivity contribution is 7.84. The Balaban J connectivity index is 1.57. The highest BCUT2D eigenvalue weighted by Crippen LogP contribution is 2.38. The molecule has 1 saturated heterocycles. The summed E-state index contributed by atoms with van der Waals surface area (Å²) >= 11 is 6.16. The van der Waals surface area contributed by atoms with Crippen LogP contribution >= 0.6 is 11.6 Å². The zero-order valence-electron chi connectivity index (χ0n) is 22.6. The van der Waals surface area contributed by atoms with Gasteiger partial charge in [-0.3, -0.25) is 0 Å². The second-order valence-corrected chi connectivity index (χ2v) is 13.1. The topological polar surface area (TPSA) is 58.6 Å². The van der Waals surface area contributed by atoms with Gasteiger partial charge in [-0.15, -0.1) is 0 Å². The average Bonchev–Trinajstić information content (AvgIpc) is 2.92. The van der Waals surface area contributed by atoms with Crippen LogP contribution in [0.15, 0.2) is 72.8 Å². The maximum absolute atomic E-state index is 13.3. The standard InChI is InChI=1S/C31H37ClN2O3S/c1-5-37-30(35)24-12-16-26(17-13-24)34-20-18-23(19-21-34)29(33-38(36)31(2,3)4)28-9-7-6-8-27(28)22-10-14-25(32)15-11-22/h6-17,23,29,33H,5,18-21H2,1-4H3/t29-,38+/m1/s1. The Hall–Kier alpha value is -2.67. The minimum atomic E-state index is -1.22. The van der Waals surface area contributed by atoms with E-state index in [0.29, 0.717) is 23.1 Å². The number of esters is 1. The molecule has 0 spiro atoms. The molecule has 1 aliphatic rings. The molecule has 0 bridgehead atoms. The van der Waals surface area contributed by atoms with Gasteiger partial charge >= 0.3 is 5.97 Å². The van der Waals surface area contributed by atoms with E-state index in [2.05, 4.69) is 27.8 Å². The van der Waals surface area contributed by atoms with Gasteiger partial charge in [0.05, 0.1) is 27.9 Å². The van der Waals surface area contributed by atoms with Gasteiger partial charge in [0.2, 0.25) is 0 Å². The molecule has 0 unspecified atom stereocenters. The van der Waals surface area contributed by atoms with Crippen molar-refractivity contribution in [1.82, 2.24) is 4.72 Å². The molecular formula is C31H37ClN2O3S. The number of piperidine rings is 1. The number of rotatable bonds is 8. The molecule has 202 valence electrons. The molecule has 1 aliphatic heterocycles. The summed E-state index contributed by atoms with van der Waals surface area (Å²) < 4.78 is 21.6. The number of carbonyl (C=O) groups is 1. The van der Waals surface area contributed by atoms with Gasteiger partial charge in [-0.1, -0.05) is 48.0 Å². The predicted molar refractivity (Wildman–Crippen MR) is 158 cm³/mol. The number of nitrogens with zero attached hydrogens (tertiary/aromatic N) is 1. The van der Waals surface area contributed by atoms with Crippen molar-refractivity contribution in [3.05, 3.63) is 88.9 Å². The lowest BCUT2D eigenvalue weighted by Crippen LogP contribution is -2.42. The number of hydrogen-bond donors (Lipinski definition) is 1. The average molecular weight is 553 g/mol. The summed E-state index contributed by atoms with van der Waals surface area (Å²) in [4.78, 5) is 14.4. The number of halogens is 1. The molecule has 0 radical (unpaired) electrons. The van der Waals surface area contributed by atoms with Gasteiger partial charge in [-0.2, -0.15) is 0 Å². The first-order valence-corrected chi connectivity index (χ1v) is 14.7. The molecule has 0 aromatic heterocycles. The van der Waals surface area contributed by atoms with Crippen molar-refractivity contribution in [3.63, 3.8) is 0 Å². The van der Waals surface area contributed by atoms with Crippen LogP contribution in [0.1, 0.15) is 62.5 Å². The van der Waals surface area contributed by atoms with Crippen molar-refractivity contribution < 1.29 is 13.7 Å². The van der Waals surface area contributed by atoms with Crippen LogP contribution in [0.4, 0.5) is 5.69 Å². The maximum Gasteiger partial charge on any atom is 0.338 e. The van der Waals surface area contributed by atoms with Crippen LogP contribution in [-0.2, 0) is 15.7 Å². The number of benzene rings is 3. The van der Waals surface area contributed by atoms with E-state index < -0.39 is 11.0 Å². The van der Waals surface area contributed by atoms with Gasteiger partial charge in [-0.25, -0.2) is 13.7 Å². The monoisotopic (exact) mass is 552 g/mol. The maximum atomic E-state index is 13.3. The number of ether oxygens (including phenoxy) is 1. The molecule has 1 heterocycles. The molecule has 0 saturated carbocycles. The van der Waals surface area contributed by atoms with Gasteiger partial charge in [0.25, 0.3) is 0 Å². The van der Waals surface area contributed by atoms with E-state index in [0.717, 1.165) is 48.3 Å². The van der Waals surface area contributed by atoms with Gasteiger partial charge in [0.15, 0.2) is 0 Å². The summed E-state index contributed by atoms with van der Waals surface area (Å²) in [5.74, 6) is 0.0164. The third-order valence-corrected chi connectivity index (χ3v) is 8.83. The highest BCUT2D eigenvalue weighted by atomic mass is 35.5. The molecule has 5 nitrogen and oxygen atoms in total. The third-order valence-electron chi connectivity index (χ3n) is 7.00. The Morgan fingerprint density at radius 2 is 1.66 bits per heavy atom. The smallest absolute Gasteiger partial charge is 0.338 e. The van der Waals surface area contributed by atoms with Gasteiger partial charge in [0.1, 0.15) is 0 Å². The fraction of sp³-hybridized carbons (Fsp3) is 0.387. The van der Waals surface area contributed by atoms with Crippen LogP contribution in [0.2, 0.25) is 5.02 Å². The molecule has 7 heteroatoms. The molecule has 3 aromatic rings. The summed E-state index contributed by atoms with van der Waals surface area (Å²) in [7, 11) is -1.22. The first-order valence-electron chi connectivity index (χ1n) is 13.2. The summed E-state index contributed by atoms with van der Waals surface area (Å²) in [5.41, 5.74) is 5.05. The van der Waals surface area contributed by atoms with Crippen molar-refractivity contribution in [2.75, 3.05) is 24.6 Å². The Kier molecular flexibility index (Phi) is 9.29. The van der Waals surface area contributed by atoms with Crippen LogP contribution in [0, 0.1) is 5.92 Å².